The molecule has 0 radical (unpaired) electrons. The van der Waals surface area contributed by atoms with Crippen LogP contribution in [-0.2, 0) is 17.9 Å². The molecular weight excluding hydrogens is 392 g/mol. The predicted molar refractivity (Wildman–Crippen MR) is 119 cm³/mol. The first-order valence-electron chi connectivity index (χ1n) is 10.2. The molecule has 0 spiro atoms. The molecule has 2 heterocycles. The molecule has 1 N–H and O–H groups in total. The van der Waals surface area contributed by atoms with Crippen molar-refractivity contribution >= 4 is 16.9 Å². The smallest absolute Gasteiger partial charge is 0.352 e. The Morgan fingerprint density at radius 3 is 2.68 bits per heavy atom. The number of fused-ring (bicyclic) bond motifs is 1. The van der Waals surface area contributed by atoms with E-state index in [-0.39, 0.29) is 5.69 Å². The number of pyridine rings is 1. The maximum Gasteiger partial charge on any atom is 0.352 e. The van der Waals surface area contributed by atoms with Gasteiger partial charge in [0.2, 0.25) is 0 Å². The van der Waals surface area contributed by atoms with Gasteiger partial charge in [-0.05, 0) is 36.8 Å². The number of hydrogen-bond donors (Lipinski definition) is 1. The Balaban J connectivity index is 1.63. The molecule has 0 atom stereocenters. The van der Waals surface area contributed by atoms with E-state index >= 15 is 0 Å². The Hall–Kier alpha value is -3.64. The van der Waals surface area contributed by atoms with Gasteiger partial charge in [0.1, 0.15) is 11.4 Å². The number of nitrogens with zero attached hydrogens (tertiary/aromatic N) is 2. The van der Waals surface area contributed by atoms with Crippen LogP contribution in [0, 0.1) is 0 Å². The fourth-order valence-electron chi connectivity index (χ4n) is 3.65. The first-order valence-corrected chi connectivity index (χ1v) is 10.2. The van der Waals surface area contributed by atoms with E-state index in [1.165, 1.54) is 0 Å². The van der Waals surface area contributed by atoms with Crippen LogP contribution in [0.25, 0.3) is 22.2 Å². The molecule has 0 aliphatic rings. The third-order valence-electron chi connectivity index (χ3n) is 5.04. The molecule has 0 bridgehead atoms. The normalized spacial score (nSPS) is 11.0. The van der Waals surface area contributed by atoms with E-state index in [2.05, 4.69) is 4.98 Å². The molecule has 0 saturated carbocycles. The average Bonchev–Trinajstić information content (AvgIpc) is 3.17. The van der Waals surface area contributed by atoms with Gasteiger partial charge in [0.15, 0.2) is 0 Å². The quantitative estimate of drug-likeness (QED) is 0.388. The van der Waals surface area contributed by atoms with Crippen LogP contribution in [-0.4, -0.2) is 33.8 Å². The summed E-state index contributed by atoms with van der Waals surface area (Å²) in [6.45, 7) is 3.82. The molecule has 4 aromatic rings. The lowest BCUT2D eigenvalue weighted by molar-refractivity contribution is 0.0679. The second-order valence-corrected chi connectivity index (χ2v) is 7.08. The van der Waals surface area contributed by atoms with Gasteiger partial charge >= 0.3 is 5.97 Å². The van der Waals surface area contributed by atoms with E-state index in [9.17, 15) is 9.90 Å². The van der Waals surface area contributed by atoms with Crippen molar-refractivity contribution in [3.8, 4) is 17.0 Å². The van der Waals surface area contributed by atoms with Gasteiger partial charge in [0.25, 0.3) is 0 Å². The number of carboxylic acids is 1. The topological polar surface area (TPSA) is 73.6 Å². The molecule has 2 aromatic heterocycles. The van der Waals surface area contributed by atoms with E-state index < -0.39 is 5.97 Å². The third-order valence-corrected chi connectivity index (χ3v) is 5.04. The monoisotopic (exact) mass is 416 g/mol. The predicted octanol–water partition coefficient (Wildman–Crippen LogP) is 5.02. The maximum atomic E-state index is 11.9. The Morgan fingerprint density at radius 1 is 1.06 bits per heavy atom. The molecule has 4 rings (SSSR count). The summed E-state index contributed by atoms with van der Waals surface area (Å²) >= 11 is 0. The van der Waals surface area contributed by atoms with Crippen LogP contribution in [0.1, 0.15) is 23.0 Å². The minimum atomic E-state index is -0.978. The first-order chi connectivity index (χ1) is 15.2. The summed E-state index contributed by atoms with van der Waals surface area (Å²) in [7, 11) is 0. The second-order valence-electron chi connectivity index (χ2n) is 7.08. The highest BCUT2D eigenvalue weighted by Crippen LogP contribution is 2.31. The molecule has 6 heteroatoms. The highest BCUT2D eigenvalue weighted by molar-refractivity contribution is 6.00. The largest absolute Gasteiger partial charge is 0.494 e. The number of aromatic nitrogens is 2. The van der Waals surface area contributed by atoms with Crippen molar-refractivity contribution < 1.29 is 19.4 Å². The van der Waals surface area contributed by atoms with E-state index in [1.54, 1.807) is 16.8 Å². The van der Waals surface area contributed by atoms with Crippen molar-refractivity contribution in [3.63, 3.8) is 0 Å². The molecule has 2 aromatic carbocycles. The molecule has 6 nitrogen and oxygen atoms in total. The number of carboxylic acid groups (broad SMARTS) is 1. The molecule has 0 saturated heterocycles. The first kappa shape index (κ1) is 20.6. The molecular formula is C25H24N2O4. The molecule has 0 amide bonds. The Bertz CT molecular complexity index is 1180. The van der Waals surface area contributed by atoms with Gasteiger partial charge < -0.3 is 19.1 Å². The van der Waals surface area contributed by atoms with Crippen molar-refractivity contribution in [2.24, 2.45) is 0 Å². The van der Waals surface area contributed by atoms with Gasteiger partial charge in [-0.25, -0.2) is 4.79 Å². The maximum absolute atomic E-state index is 11.9. The van der Waals surface area contributed by atoms with Crippen LogP contribution in [0.5, 0.6) is 5.75 Å². The van der Waals surface area contributed by atoms with Crippen molar-refractivity contribution in [2.45, 2.75) is 20.1 Å². The van der Waals surface area contributed by atoms with Crippen molar-refractivity contribution in [3.05, 3.63) is 84.2 Å². The van der Waals surface area contributed by atoms with Crippen molar-refractivity contribution in [2.75, 3.05) is 13.2 Å². The van der Waals surface area contributed by atoms with Gasteiger partial charge in [0.05, 0.1) is 31.0 Å². The third kappa shape index (κ3) is 4.59. The van der Waals surface area contributed by atoms with E-state index in [0.29, 0.717) is 26.4 Å². The summed E-state index contributed by atoms with van der Waals surface area (Å²) in [5.74, 6) is -0.223. The summed E-state index contributed by atoms with van der Waals surface area (Å²) in [6.07, 6.45) is 1.71. The lowest BCUT2D eigenvalue weighted by Crippen LogP contribution is -2.12. The highest BCUT2D eigenvalue weighted by Gasteiger charge is 2.18. The summed E-state index contributed by atoms with van der Waals surface area (Å²) in [5.41, 5.74) is 3.72. The molecule has 31 heavy (non-hydrogen) atoms. The highest BCUT2D eigenvalue weighted by atomic mass is 16.5. The number of aromatic carboxylic acids is 1. The number of benzene rings is 2. The van der Waals surface area contributed by atoms with Crippen molar-refractivity contribution in [1.82, 2.24) is 9.55 Å². The number of carbonyl (C=O) groups is 1. The summed E-state index contributed by atoms with van der Waals surface area (Å²) in [5, 5.41) is 10.6. The standard InChI is InChI=1S/C25H24N2O4/c1-2-31-20-10-6-9-19(15-20)24-21-16-23(25(28)29)27(22(21)11-12-26-24)13-14-30-17-18-7-4-3-5-8-18/h3-12,15-16H,2,13-14,17H2,1H3,(H,28,29). The van der Waals surface area contributed by atoms with Gasteiger partial charge in [-0.1, -0.05) is 42.5 Å². The molecule has 0 aliphatic carbocycles. The molecule has 0 aliphatic heterocycles. The van der Waals surface area contributed by atoms with Crippen LogP contribution in [0.4, 0.5) is 0 Å². The zero-order valence-electron chi connectivity index (χ0n) is 17.3. The molecule has 158 valence electrons. The van der Waals surface area contributed by atoms with Gasteiger partial charge in [-0.15, -0.1) is 0 Å². The van der Waals surface area contributed by atoms with E-state index in [0.717, 1.165) is 33.5 Å². The van der Waals surface area contributed by atoms with Crippen molar-refractivity contribution in [1.29, 1.82) is 0 Å². The molecule has 0 fully saturated rings. The second kappa shape index (κ2) is 9.45. The van der Waals surface area contributed by atoms with Gasteiger partial charge in [-0.2, -0.15) is 0 Å². The van der Waals surface area contributed by atoms with Crippen LogP contribution < -0.4 is 4.74 Å². The minimum absolute atomic E-state index is 0.216. The fraction of sp³-hybridized carbons (Fsp3) is 0.200. The zero-order valence-corrected chi connectivity index (χ0v) is 17.3. The number of rotatable bonds is 9. The summed E-state index contributed by atoms with van der Waals surface area (Å²) < 4.78 is 13.2. The van der Waals surface area contributed by atoms with Crippen LogP contribution in [0.3, 0.4) is 0 Å². The fourth-order valence-corrected chi connectivity index (χ4v) is 3.65. The van der Waals surface area contributed by atoms with Crippen LogP contribution in [0.2, 0.25) is 0 Å². The van der Waals surface area contributed by atoms with E-state index in [1.807, 2.05) is 67.6 Å². The molecule has 0 unspecified atom stereocenters. The Labute approximate surface area is 180 Å². The number of hydrogen-bond acceptors (Lipinski definition) is 4. The van der Waals surface area contributed by atoms with Gasteiger partial charge in [-0.3, -0.25) is 4.98 Å². The summed E-state index contributed by atoms with van der Waals surface area (Å²) in [6, 6.07) is 21.1. The lowest BCUT2D eigenvalue weighted by Gasteiger charge is -2.10. The number of ether oxygens (including phenoxy) is 2. The SMILES string of the molecule is CCOc1cccc(-c2nccc3c2cc(C(=O)O)n3CCOCc2ccccc2)c1. The Kier molecular flexibility index (Phi) is 6.29. The van der Waals surface area contributed by atoms with E-state index in [4.69, 9.17) is 9.47 Å². The summed E-state index contributed by atoms with van der Waals surface area (Å²) in [4.78, 5) is 16.5. The minimum Gasteiger partial charge on any atom is -0.494 e. The zero-order chi connectivity index (χ0) is 21.6. The lowest BCUT2D eigenvalue weighted by atomic mass is 10.1. The average molecular weight is 416 g/mol. The van der Waals surface area contributed by atoms with Crippen LogP contribution in [0.15, 0.2) is 72.9 Å². The van der Waals surface area contributed by atoms with Gasteiger partial charge in [0, 0.05) is 23.7 Å². The Morgan fingerprint density at radius 2 is 1.90 bits per heavy atom. The van der Waals surface area contributed by atoms with Crippen LogP contribution >= 0.6 is 0 Å².